The van der Waals surface area contributed by atoms with Crippen molar-refractivity contribution in [3.63, 3.8) is 0 Å². The molecule has 0 aromatic carbocycles. The Hall–Kier alpha value is -0.910. The summed E-state index contributed by atoms with van der Waals surface area (Å²) in [7, 11) is 0. The standard InChI is InChI=1S/C12H18O5/c1-12(2)16-9-4-3-8(13)5-6-15-11(14)7-10(9)17-12/h3-4,8-10,13H,5-7H2,1-2H3/b4-3+/t8-,9+,10+/m1/s1. The maximum absolute atomic E-state index is 11.5. The minimum atomic E-state index is -0.709. The summed E-state index contributed by atoms with van der Waals surface area (Å²) >= 11 is 0. The molecule has 17 heavy (non-hydrogen) atoms. The molecule has 0 aromatic rings. The molecule has 0 amide bonds. The molecule has 3 atom stereocenters. The smallest absolute Gasteiger partial charge is 0.308 e. The van der Waals surface area contributed by atoms with Gasteiger partial charge in [0.2, 0.25) is 0 Å². The molecule has 0 saturated carbocycles. The van der Waals surface area contributed by atoms with Crippen LogP contribution in [0, 0.1) is 0 Å². The number of rotatable bonds is 0. The second-order valence-corrected chi connectivity index (χ2v) is 4.80. The van der Waals surface area contributed by atoms with Crippen LogP contribution in [0.3, 0.4) is 0 Å². The van der Waals surface area contributed by atoms with Gasteiger partial charge < -0.3 is 19.3 Å². The van der Waals surface area contributed by atoms with E-state index >= 15 is 0 Å². The lowest BCUT2D eigenvalue weighted by Gasteiger charge is -2.16. The number of hydrogen-bond acceptors (Lipinski definition) is 5. The molecule has 0 spiro atoms. The van der Waals surface area contributed by atoms with Crippen molar-refractivity contribution in [2.45, 2.75) is 50.8 Å². The lowest BCUT2D eigenvalue weighted by molar-refractivity contribution is -0.155. The first-order chi connectivity index (χ1) is 7.96. The fourth-order valence-corrected chi connectivity index (χ4v) is 2.03. The molecule has 0 unspecified atom stereocenters. The van der Waals surface area contributed by atoms with Gasteiger partial charge in [-0.25, -0.2) is 0 Å². The number of cyclic esters (lactones) is 1. The fourth-order valence-electron chi connectivity index (χ4n) is 2.03. The van der Waals surface area contributed by atoms with Crippen LogP contribution in [0.15, 0.2) is 12.2 Å². The molecule has 96 valence electrons. The van der Waals surface area contributed by atoms with Crippen LogP contribution in [0.5, 0.6) is 0 Å². The molecule has 0 aliphatic carbocycles. The van der Waals surface area contributed by atoms with Crippen LogP contribution in [0.1, 0.15) is 26.7 Å². The maximum atomic E-state index is 11.5. The third kappa shape index (κ3) is 3.28. The first-order valence-corrected chi connectivity index (χ1v) is 5.84. The van der Waals surface area contributed by atoms with Gasteiger partial charge in [0.1, 0.15) is 12.2 Å². The molecule has 5 heteroatoms. The minimum Gasteiger partial charge on any atom is -0.465 e. The number of carbonyl (C=O) groups is 1. The predicted octanol–water partition coefficient (Wildman–Crippen LogP) is 0.761. The summed E-state index contributed by atoms with van der Waals surface area (Å²) in [6.45, 7) is 3.83. The van der Waals surface area contributed by atoms with Crippen LogP contribution in [0.25, 0.3) is 0 Å². The summed E-state index contributed by atoms with van der Waals surface area (Å²) in [6, 6.07) is 0. The lowest BCUT2D eigenvalue weighted by atomic mass is 10.1. The zero-order valence-electron chi connectivity index (χ0n) is 10.1. The van der Waals surface area contributed by atoms with Gasteiger partial charge in [-0.3, -0.25) is 4.79 Å². The molecule has 2 aliphatic rings. The van der Waals surface area contributed by atoms with Gasteiger partial charge in [-0.05, 0) is 13.8 Å². The largest absolute Gasteiger partial charge is 0.465 e. The van der Waals surface area contributed by atoms with Gasteiger partial charge in [-0.2, -0.15) is 0 Å². The molecule has 1 N–H and O–H groups in total. The van der Waals surface area contributed by atoms with Crippen molar-refractivity contribution in [1.82, 2.24) is 0 Å². The first-order valence-electron chi connectivity index (χ1n) is 5.84. The normalized spacial score (nSPS) is 39.2. The minimum absolute atomic E-state index is 0.175. The average Bonchev–Trinajstić information content (AvgIpc) is 2.49. The second-order valence-electron chi connectivity index (χ2n) is 4.80. The number of fused-ring (bicyclic) bond motifs is 1. The van der Waals surface area contributed by atoms with Crippen LogP contribution >= 0.6 is 0 Å². The molecule has 2 heterocycles. The number of hydrogen-bond donors (Lipinski definition) is 1. The Balaban J connectivity index is 2.13. The Morgan fingerprint density at radius 2 is 2.12 bits per heavy atom. The quantitative estimate of drug-likeness (QED) is 0.502. The summed E-state index contributed by atoms with van der Waals surface area (Å²) in [5.74, 6) is -1.03. The summed E-state index contributed by atoms with van der Waals surface area (Å²) in [6.07, 6.45) is 2.74. The SMILES string of the molecule is CC1(C)O[C@H]2/C=C/[C@@H](O)CCOC(=O)C[C@@H]2O1. The van der Waals surface area contributed by atoms with E-state index in [1.54, 1.807) is 26.0 Å². The second kappa shape index (κ2) is 4.76. The molecule has 5 nitrogen and oxygen atoms in total. The molecule has 1 fully saturated rings. The van der Waals surface area contributed by atoms with E-state index in [0.29, 0.717) is 6.42 Å². The van der Waals surface area contributed by atoms with Crippen molar-refractivity contribution in [2.24, 2.45) is 0 Å². The van der Waals surface area contributed by atoms with Crippen LogP contribution < -0.4 is 0 Å². The van der Waals surface area contributed by atoms with E-state index in [1.165, 1.54) is 0 Å². The van der Waals surface area contributed by atoms with Crippen LogP contribution in [0.2, 0.25) is 0 Å². The predicted molar refractivity (Wildman–Crippen MR) is 59.2 cm³/mol. The molecular weight excluding hydrogens is 224 g/mol. The Kier molecular flexibility index (Phi) is 3.51. The summed E-state index contributed by atoms with van der Waals surface area (Å²) in [4.78, 5) is 11.5. The molecule has 0 bridgehead atoms. The van der Waals surface area contributed by atoms with Crippen molar-refractivity contribution in [3.8, 4) is 0 Å². The highest BCUT2D eigenvalue weighted by Crippen LogP contribution is 2.31. The van der Waals surface area contributed by atoms with Gasteiger partial charge in [0, 0.05) is 6.42 Å². The first kappa shape index (κ1) is 12.5. The van der Waals surface area contributed by atoms with E-state index in [2.05, 4.69) is 0 Å². The van der Waals surface area contributed by atoms with E-state index in [1.807, 2.05) is 0 Å². The van der Waals surface area contributed by atoms with E-state index < -0.39 is 11.9 Å². The summed E-state index contributed by atoms with van der Waals surface area (Å²) in [5, 5.41) is 9.59. The molecule has 0 aromatic heterocycles. The van der Waals surface area contributed by atoms with Crippen molar-refractivity contribution >= 4 is 5.97 Å². The van der Waals surface area contributed by atoms with Gasteiger partial charge in [-0.1, -0.05) is 12.2 Å². The number of aliphatic hydroxyl groups is 1. The average molecular weight is 242 g/mol. The molecular formula is C12H18O5. The van der Waals surface area contributed by atoms with Gasteiger partial charge in [0.15, 0.2) is 5.79 Å². The van der Waals surface area contributed by atoms with Crippen molar-refractivity contribution in [2.75, 3.05) is 6.61 Å². The van der Waals surface area contributed by atoms with Crippen molar-refractivity contribution < 1.29 is 24.1 Å². The number of aliphatic hydroxyl groups excluding tert-OH is 1. The highest BCUT2D eigenvalue weighted by atomic mass is 16.8. The van der Waals surface area contributed by atoms with Gasteiger partial charge in [0.25, 0.3) is 0 Å². The Bertz CT molecular complexity index is 323. The lowest BCUT2D eigenvalue weighted by Crippen LogP contribution is -2.27. The number of ether oxygens (including phenoxy) is 3. The van der Waals surface area contributed by atoms with Gasteiger partial charge in [0.05, 0.1) is 19.1 Å². The third-order valence-electron chi connectivity index (χ3n) is 2.79. The summed E-state index contributed by atoms with van der Waals surface area (Å²) < 4.78 is 16.3. The highest BCUT2D eigenvalue weighted by Gasteiger charge is 2.41. The summed E-state index contributed by atoms with van der Waals surface area (Å²) in [5.41, 5.74) is 0. The maximum Gasteiger partial charge on any atom is 0.308 e. The molecule has 1 saturated heterocycles. The van der Waals surface area contributed by atoms with Gasteiger partial charge >= 0.3 is 5.97 Å². The monoisotopic (exact) mass is 242 g/mol. The van der Waals surface area contributed by atoms with Crippen molar-refractivity contribution in [3.05, 3.63) is 12.2 Å². The number of esters is 1. The van der Waals surface area contributed by atoms with E-state index in [-0.39, 0.29) is 31.2 Å². The zero-order chi connectivity index (χ0) is 12.5. The van der Waals surface area contributed by atoms with E-state index in [0.717, 1.165) is 0 Å². The Morgan fingerprint density at radius 1 is 1.35 bits per heavy atom. The topological polar surface area (TPSA) is 65.0 Å². The van der Waals surface area contributed by atoms with Gasteiger partial charge in [-0.15, -0.1) is 0 Å². The number of carbonyl (C=O) groups excluding carboxylic acids is 1. The van der Waals surface area contributed by atoms with Crippen LogP contribution in [-0.2, 0) is 19.0 Å². The highest BCUT2D eigenvalue weighted by molar-refractivity contribution is 5.70. The Labute approximate surface area is 100 Å². The van der Waals surface area contributed by atoms with E-state index in [9.17, 15) is 9.90 Å². The van der Waals surface area contributed by atoms with Crippen molar-refractivity contribution in [1.29, 1.82) is 0 Å². The molecule has 2 rings (SSSR count). The van der Waals surface area contributed by atoms with Crippen LogP contribution in [0.4, 0.5) is 0 Å². The molecule has 2 aliphatic heterocycles. The van der Waals surface area contributed by atoms with Crippen LogP contribution in [-0.4, -0.2) is 41.8 Å². The third-order valence-corrected chi connectivity index (χ3v) is 2.79. The molecule has 0 radical (unpaired) electrons. The Morgan fingerprint density at radius 3 is 2.88 bits per heavy atom. The van der Waals surface area contributed by atoms with E-state index in [4.69, 9.17) is 14.2 Å². The fraction of sp³-hybridized carbons (Fsp3) is 0.750. The zero-order valence-corrected chi connectivity index (χ0v) is 10.1.